The second-order valence-electron chi connectivity index (χ2n) is 4.68. The minimum Gasteiger partial charge on any atom is -0.479 e. The number of nitrogens with zero attached hydrogens (tertiary/aromatic N) is 2. The van der Waals surface area contributed by atoms with E-state index in [2.05, 4.69) is 0 Å². The molecule has 0 aliphatic heterocycles. The van der Waals surface area contributed by atoms with Crippen LogP contribution in [0.2, 0.25) is 0 Å². The van der Waals surface area contributed by atoms with Crippen LogP contribution in [-0.4, -0.2) is 61.5 Å². The Hall–Kier alpha value is -1.93. The molecule has 7 nitrogen and oxygen atoms in total. The fourth-order valence-electron chi connectivity index (χ4n) is 1.73. The molecule has 1 aromatic carbocycles. The van der Waals surface area contributed by atoms with E-state index in [1.54, 1.807) is 30.3 Å². The van der Waals surface area contributed by atoms with Gasteiger partial charge in [0.05, 0.1) is 12.8 Å². The minimum absolute atomic E-state index is 0.411. The van der Waals surface area contributed by atoms with Gasteiger partial charge in [0, 0.05) is 14.1 Å². The maximum absolute atomic E-state index is 12.1. The van der Waals surface area contributed by atoms with Crippen LogP contribution in [0.15, 0.2) is 30.3 Å². The van der Waals surface area contributed by atoms with Crippen LogP contribution < -0.4 is 0 Å². The largest absolute Gasteiger partial charge is 0.479 e. The lowest BCUT2D eigenvalue weighted by molar-refractivity contribution is -0.149. The highest BCUT2D eigenvalue weighted by atomic mass is 32.2. The fourth-order valence-corrected chi connectivity index (χ4v) is 2.08. The topological polar surface area (TPSA) is 95.0 Å². The molecule has 116 valence electrons. The Morgan fingerprint density at radius 1 is 1.19 bits per heavy atom. The zero-order chi connectivity index (χ0) is 16.2. The van der Waals surface area contributed by atoms with Gasteiger partial charge in [-0.25, -0.2) is 13.2 Å². The first-order chi connectivity index (χ1) is 9.64. The van der Waals surface area contributed by atoms with Gasteiger partial charge in [0.15, 0.2) is 6.04 Å². The summed E-state index contributed by atoms with van der Waals surface area (Å²) in [5, 5.41) is 9.31. The Morgan fingerprint density at radius 2 is 1.71 bits per heavy atom. The lowest BCUT2D eigenvalue weighted by Gasteiger charge is -2.26. The SMILES string of the molecule is CN(C(=O)CN(C)S(C)(=O)=O)C(C(=O)O)c1ccccc1. The number of aliphatic carboxylic acids is 1. The number of rotatable bonds is 6. The highest BCUT2D eigenvalue weighted by Crippen LogP contribution is 2.19. The van der Waals surface area contributed by atoms with Gasteiger partial charge < -0.3 is 10.0 Å². The smallest absolute Gasteiger partial charge is 0.331 e. The summed E-state index contributed by atoms with van der Waals surface area (Å²) in [6.45, 7) is -0.411. The minimum atomic E-state index is -3.50. The van der Waals surface area contributed by atoms with E-state index in [1.165, 1.54) is 14.1 Å². The predicted molar refractivity (Wildman–Crippen MR) is 77.1 cm³/mol. The van der Waals surface area contributed by atoms with E-state index < -0.39 is 34.5 Å². The summed E-state index contributed by atoms with van der Waals surface area (Å²) in [6.07, 6.45) is 0.978. The molecule has 1 aromatic rings. The molecule has 0 aliphatic carbocycles. The Labute approximate surface area is 123 Å². The lowest BCUT2D eigenvalue weighted by atomic mass is 10.1. The Morgan fingerprint density at radius 3 is 2.14 bits per heavy atom. The molecule has 1 atom stereocenters. The van der Waals surface area contributed by atoms with Crippen molar-refractivity contribution in [3.8, 4) is 0 Å². The van der Waals surface area contributed by atoms with E-state index in [0.717, 1.165) is 15.5 Å². The number of carbonyl (C=O) groups excluding carboxylic acids is 1. The van der Waals surface area contributed by atoms with Crippen LogP contribution in [0.1, 0.15) is 11.6 Å². The van der Waals surface area contributed by atoms with Crippen molar-refractivity contribution in [2.45, 2.75) is 6.04 Å². The summed E-state index contributed by atoms with van der Waals surface area (Å²) in [7, 11) is -0.903. The van der Waals surface area contributed by atoms with Crippen molar-refractivity contribution in [3.05, 3.63) is 35.9 Å². The third kappa shape index (κ3) is 4.54. The quantitative estimate of drug-likeness (QED) is 0.807. The van der Waals surface area contributed by atoms with Crippen LogP contribution in [0.25, 0.3) is 0 Å². The molecule has 0 spiro atoms. The van der Waals surface area contributed by atoms with Gasteiger partial charge in [0.25, 0.3) is 0 Å². The monoisotopic (exact) mass is 314 g/mol. The Bertz CT molecular complexity index is 615. The van der Waals surface area contributed by atoms with E-state index in [-0.39, 0.29) is 0 Å². The van der Waals surface area contributed by atoms with Crippen LogP contribution in [0, 0.1) is 0 Å². The van der Waals surface area contributed by atoms with Crippen molar-refractivity contribution in [2.75, 3.05) is 26.9 Å². The first-order valence-corrected chi connectivity index (χ1v) is 7.94. The third-order valence-electron chi connectivity index (χ3n) is 3.05. The van der Waals surface area contributed by atoms with E-state index in [0.29, 0.717) is 5.56 Å². The molecule has 0 saturated carbocycles. The fraction of sp³-hybridized carbons (Fsp3) is 0.385. The number of carbonyl (C=O) groups is 2. The van der Waals surface area contributed by atoms with Crippen molar-refractivity contribution in [3.63, 3.8) is 0 Å². The molecule has 21 heavy (non-hydrogen) atoms. The van der Waals surface area contributed by atoms with Crippen molar-refractivity contribution < 1.29 is 23.1 Å². The standard InChI is InChI=1S/C13H18N2O5S/c1-14(21(3,19)20)9-11(16)15(2)12(13(17)18)10-7-5-4-6-8-10/h4-8,12H,9H2,1-3H3,(H,17,18). The first-order valence-electron chi connectivity index (χ1n) is 6.09. The van der Waals surface area contributed by atoms with Crippen molar-refractivity contribution in [1.29, 1.82) is 0 Å². The van der Waals surface area contributed by atoms with E-state index in [9.17, 15) is 23.1 Å². The van der Waals surface area contributed by atoms with Gasteiger partial charge in [-0.3, -0.25) is 4.79 Å². The molecule has 0 aromatic heterocycles. The summed E-state index contributed by atoms with van der Waals surface area (Å²) in [4.78, 5) is 24.5. The second kappa shape index (κ2) is 6.68. The van der Waals surface area contributed by atoms with Gasteiger partial charge in [-0.2, -0.15) is 4.31 Å². The first kappa shape index (κ1) is 17.1. The van der Waals surface area contributed by atoms with Crippen molar-refractivity contribution >= 4 is 21.9 Å². The normalized spacial score (nSPS) is 13.0. The number of hydrogen-bond acceptors (Lipinski definition) is 4. The van der Waals surface area contributed by atoms with Gasteiger partial charge >= 0.3 is 5.97 Å². The van der Waals surface area contributed by atoms with Crippen LogP contribution in [0.4, 0.5) is 0 Å². The zero-order valence-corrected chi connectivity index (χ0v) is 12.9. The van der Waals surface area contributed by atoms with Crippen LogP contribution in [0.5, 0.6) is 0 Å². The Kier molecular flexibility index (Phi) is 5.45. The van der Waals surface area contributed by atoms with Crippen molar-refractivity contribution in [1.82, 2.24) is 9.21 Å². The molecule has 0 aliphatic rings. The molecule has 1 rings (SSSR count). The molecule has 1 N–H and O–H groups in total. The number of sulfonamides is 1. The average Bonchev–Trinajstić information content (AvgIpc) is 2.38. The summed E-state index contributed by atoms with van der Waals surface area (Å²) in [5.74, 6) is -1.78. The van der Waals surface area contributed by atoms with E-state index in [1.807, 2.05) is 0 Å². The number of hydrogen-bond donors (Lipinski definition) is 1. The van der Waals surface area contributed by atoms with Crippen LogP contribution in [-0.2, 0) is 19.6 Å². The van der Waals surface area contributed by atoms with Crippen LogP contribution in [0.3, 0.4) is 0 Å². The summed E-state index contributed by atoms with van der Waals surface area (Å²) in [6, 6.07) is 7.12. The van der Waals surface area contributed by atoms with Gasteiger partial charge in [-0.05, 0) is 5.56 Å². The molecule has 0 bridgehead atoms. The van der Waals surface area contributed by atoms with Gasteiger partial charge in [0.1, 0.15) is 0 Å². The second-order valence-corrected chi connectivity index (χ2v) is 6.76. The van der Waals surface area contributed by atoms with E-state index >= 15 is 0 Å². The molecular formula is C13H18N2O5S. The van der Waals surface area contributed by atoms with Crippen molar-refractivity contribution in [2.24, 2.45) is 0 Å². The summed E-state index contributed by atoms with van der Waals surface area (Å²) >= 11 is 0. The zero-order valence-electron chi connectivity index (χ0n) is 12.1. The summed E-state index contributed by atoms with van der Waals surface area (Å²) in [5.41, 5.74) is 0.447. The maximum atomic E-state index is 12.1. The predicted octanol–water partition coefficient (Wildman–Crippen LogP) is 0.162. The molecule has 8 heteroatoms. The van der Waals surface area contributed by atoms with Gasteiger partial charge in [0.2, 0.25) is 15.9 Å². The highest BCUT2D eigenvalue weighted by Gasteiger charge is 2.29. The molecule has 0 fully saturated rings. The molecule has 0 heterocycles. The van der Waals surface area contributed by atoms with Crippen LogP contribution >= 0.6 is 0 Å². The summed E-state index contributed by atoms with van der Waals surface area (Å²) < 4.78 is 23.5. The van der Waals surface area contributed by atoms with Gasteiger partial charge in [-0.1, -0.05) is 30.3 Å². The number of likely N-dealkylation sites (N-methyl/N-ethyl adjacent to an activating group) is 2. The number of carboxylic acid groups (broad SMARTS) is 1. The molecule has 1 unspecified atom stereocenters. The number of amides is 1. The Balaban J connectivity index is 2.95. The molecule has 0 saturated heterocycles. The van der Waals surface area contributed by atoms with Gasteiger partial charge in [-0.15, -0.1) is 0 Å². The molecule has 0 radical (unpaired) electrons. The molecular weight excluding hydrogens is 296 g/mol. The third-order valence-corrected chi connectivity index (χ3v) is 4.32. The lowest BCUT2D eigenvalue weighted by Crippen LogP contribution is -2.42. The molecule has 1 amide bonds. The maximum Gasteiger partial charge on any atom is 0.331 e. The number of carboxylic acids is 1. The average molecular weight is 314 g/mol. The number of benzene rings is 1. The van der Waals surface area contributed by atoms with E-state index in [4.69, 9.17) is 0 Å². The highest BCUT2D eigenvalue weighted by molar-refractivity contribution is 7.88.